The average Bonchev–Trinajstić information content (AvgIpc) is 2.68. The molecular weight excluding hydrogens is 275 g/mol. The fraction of sp³-hybridized carbons (Fsp3) is 0.167. The van der Waals surface area contributed by atoms with Crippen molar-refractivity contribution >= 4 is 11.8 Å². The lowest BCUT2D eigenvalue weighted by Crippen LogP contribution is -2.13. The predicted molar refractivity (Wildman–Crippen MR) is 64.7 cm³/mol. The molecule has 2 rings (SSSR count). The predicted octanol–water partition coefficient (Wildman–Crippen LogP) is 2.48. The number of carbonyl (C=O) groups is 1. The van der Waals surface area contributed by atoms with Gasteiger partial charge >= 0.3 is 12.1 Å². The van der Waals surface area contributed by atoms with Gasteiger partial charge in [-0.05, 0) is 19.1 Å². The molecule has 0 spiro atoms. The van der Waals surface area contributed by atoms with Crippen LogP contribution in [0.1, 0.15) is 21.6 Å². The van der Waals surface area contributed by atoms with Crippen LogP contribution in [0, 0.1) is 6.92 Å². The highest BCUT2D eigenvalue weighted by molar-refractivity contribution is 5.89. The Balaban J connectivity index is 2.67. The SMILES string of the molecule is Cc1ccc(-n2nc(C(=O)O)c(C(F)(F)F)c2N)cc1. The summed E-state index contributed by atoms with van der Waals surface area (Å²) in [6.45, 7) is 1.81. The van der Waals surface area contributed by atoms with Crippen LogP contribution in [-0.4, -0.2) is 20.9 Å². The minimum absolute atomic E-state index is 0.256. The van der Waals surface area contributed by atoms with E-state index in [1.165, 1.54) is 12.1 Å². The van der Waals surface area contributed by atoms with Gasteiger partial charge in [-0.15, -0.1) is 0 Å². The Kier molecular flexibility index (Phi) is 3.16. The number of carboxylic acid groups (broad SMARTS) is 1. The number of hydrogen-bond acceptors (Lipinski definition) is 3. The fourth-order valence-corrected chi connectivity index (χ4v) is 1.74. The van der Waals surface area contributed by atoms with Crippen LogP contribution in [0.2, 0.25) is 0 Å². The monoisotopic (exact) mass is 285 g/mol. The highest BCUT2D eigenvalue weighted by atomic mass is 19.4. The van der Waals surface area contributed by atoms with Crippen LogP contribution in [0.25, 0.3) is 5.69 Å². The second-order valence-electron chi connectivity index (χ2n) is 4.16. The molecule has 0 atom stereocenters. The minimum atomic E-state index is -4.89. The molecule has 0 radical (unpaired) electrons. The number of aryl methyl sites for hydroxylation is 1. The average molecular weight is 285 g/mol. The van der Waals surface area contributed by atoms with Crippen LogP contribution in [0.5, 0.6) is 0 Å². The van der Waals surface area contributed by atoms with Gasteiger partial charge in [-0.25, -0.2) is 9.48 Å². The summed E-state index contributed by atoms with van der Waals surface area (Å²) >= 11 is 0. The van der Waals surface area contributed by atoms with Crippen molar-refractivity contribution < 1.29 is 23.1 Å². The molecule has 5 nitrogen and oxygen atoms in total. The summed E-state index contributed by atoms with van der Waals surface area (Å²) < 4.78 is 39.4. The van der Waals surface area contributed by atoms with Gasteiger partial charge in [-0.1, -0.05) is 17.7 Å². The van der Waals surface area contributed by atoms with E-state index < -0.39 is 29.2 Å². The quantitative estimate of drug-likeness (QED) is 0.888. The van der Waals surface area contributed by atoms with Crippen molar-refractivity contribution in [3.8, 4) is 5.69 Å². The van der Waals surface area contributed by atoms with Gasteiger partial charge in [0, 0.05) is 0 Å². The zero-order valence-electron chi connectivity index (χ0n) is 10.3. The Hall–Kier alpha value is -2.51. The molecule has 20 heavy (non-hydrogen) atoms. The van der Waals surface area contributed by atoms with Crippen LogP contribution in [0.15, 0.2) is 24.3 Å². The Bertz CT molecular complexity index is 660. The Morgan fingerprint density at radius 2 is 1.85 bits per heavy atom. The Morgan fingerprint density at radius 3 is 2.25 bits per heavy atom. The number of anilines is 1. The maximum absolute atomic E-state index is 12.9. The van der Waals surface area contributed by atoms with Gasteiger partial charge in [0.2, 0.25) is 0 Å². The first kappa shape index (κ1) is 13.9. The number of halogens is 3. The van der Waals surface area contributed by atoms with Crippen LogP contribution in [0.4, 0.5) is 19.0 Å². The lowest BCUT2D eigenvalue weighted by molar-refractivity contribution is -0.137. The van der Waals surface area contributed by atoms with Crippen LogP contribution < -0.4 is 5.73 Å². The standard InChI is InChI=1S/C12H10F3N3O2/c1-6-2-4-7(5-3-6)18-10(16)8(12(13,14)15)9(17-18)11(19)20/h2-5H,16H2,1H3,(H,19,20). The van der Waals surface area contributed by atoms with E-state index in [2.05, 4.69) is 5.10 Å². The van der Waals surface area contributed by atoms with Crippen molar-refractivity contribution in [3.63, 3.8) is 0 Å². The molecule has 0 saturated heterocycles. The molecule has 1 aromatic carbocycles. The highest BCUT2D eigenvalue weighted by Crippen LogP contribution is 2.37. The summed E-state index contributed by atoms with van der Waals surface area (Å²) in [5.41, 5.74) is 4.01. The van der Waals surface area contributed by atoms with Gasteiger partial charge in [0.1, 0.15) is 11.4 Å². The molecule has 0 bridgehead atoms. The van der Waals surface area contributed by atoms with Crippen LogP contribution in [-0.2, 0) is 6.18 Å². The summed E-state index contributed by atoms with van der Waals surface area (Å²) in [5, 5.41) is 12.3. The van der Waals surface area contributed by atoms with Crippen molar-refractivity contribution in [2.45, 2.75) is 13.1 Å². The first-order valence-corrected chi connectivity index (χ1v) is 5.48. The van der Waals surface area contributed by atoms with Gasteiger partial charge in [-0.3, -0.25) is 0 Å². The molecule has 1 aromatic heterocycles. The zero-order chi connectivity index (χ0) is 15.1. The van der Waals surface area contributed by atoms with Crippen LogP contribution in [0.3, 0.4) is 0 Å². The zero-order valence-corrected chi connectivity index (χ0v) is 10.3. The van der Waals surface area contributed by atoms with Gasteiger partial charge < -0.3 is 10.8 Å². The number of nitrogen functional groups attached to an aromatic ring is 1. The highest BCUT2D eigenvalue weighted by Gasteiger charge is 2.41. The topological polar surface area (TPSA) is 81.1 Å². The third kappa shape index (κ3) is 2.31. The number of rotatable bonds is 2. The van der Waals surface area contributed by atoms with E-state index in [9.17, 15) is 18.0 Å². The second-order valence-corrected chi connectivity index (χ2v) is 4.16. The summed E-state index contributed by atoms with van der Waals surface area (Å²) in [6, 6.07) is 6.32. The van der Waals surface area contributed by atoms with Gasteiger partial charge in [-0.2, -0.15) is 18.3 Å². The summed E-state index contributed by atoms with van der Waals surface area (Å²) in [7, 11) is 0. The number of nitrogens with zero attached hydrogens (tertiary/aromatic N) is 2. The maximum Gasteiger partial charge on any atom is 0.422 e. The maximum atomic E-state index is 12.9. The summed E-state index contributed by atoms with van der Waals surface area (Å²) in [4.78, 5) is 10.9. The molecule has 0 aliphatic carbocycles. The van der Waals surface area contributed by atoms with E-state index >= 15 is 0 Å². The van der Waals surface area contributed by atoms with E-state index in [0.29, 0.717) is 0 Å². The molecule has 0 saturated carbocycles. The molecule has 3 N–H and O–H groups in total. The molecule has 8 heteroatoms. The lowest BCUT2D eigenvalue weighted by Gasteiger charge is -2.07. The number of hydrogen-bond donors (Lipinski definition) is 2. The number of carboxylic acids is 1. The lowest BCUT2D eigenvalue weighted by atomic mass is 10.2. The smallest absolute Gasteiger partial charge is 0.422 e. The van der Waals surface area contributed by atoms with E-state index in [0.717, 1.165) is 10.2 Å². The first-order valence-electron chi connectivity index (χ1n) is 5.48. The Labute approximate surface area is 111 Å². The summed E-state index contributed by atoms with van der Waals surface area (Å²) in [5.74, 6) is -2.53. The van der Waals surface area contributed by atoms with Crippen molar-refractivity contribution in [2.75, 3.05) is 5.73 Å². The molecule has 1 heterocycles. The number of benzene rings is 1. The third-order valence-electron chi connectivity index (χ3n) is 2.69. The third-order valence-corrected chi connectivity index (χ3v) is 2.69. The van der Waals surface area contributed by atoms with Crippen LogP contribution >= 0.6 is 0 Å². The first-order chi connectivity index (χ1) is 9.21. The van der Waals surface area contributed by atoms with E-state index in [1.54, 1.807) is 19.1 Å². The number of alkyl halides is 3. The minimum Gasteiger partial charge on any atom is -0.476 e. The summed E-state index contributed by atoms with van der Waals surface area (Å²) in [6.07, 6.45) is -4.89. The van der Waals surface area contributed by atoms with Crippen molar-refractivity contribution in [3.05, 3.63) is 41.1 Å². The van der Waals surface area contributed by atoms with E-state index in [4.69, 9.17) is 10.8 Å². The molecular formula is C12H10F3N3O2. The molecule has 0 unspecified atom stereocenters. The molecule has 0 aliphatic rings. The number of aromatic nitrogens is 2. The fourth-order valence-electron chi connectivity index (χ4n) is 1.74. The normalized spacial score (nSPS) is 11.6. The number of aromatic carboxylic acids is 1. The molecule has 0 amide bonds. The molecule has 0 fully saturated rings. The van der Waals surface area contributed by atoms with E-state index in [-0.39, 0.29) is 5.69 Å². The Morgan fingerprint density at radius 1 is 1.30 bits per heavy atom. The number of nitrogens with two attached hydrogens (primary N) is 1. The van der Waals surface area contributed by atoms with Crippen molar-refractivity contribution in [1.29, 1.82) is 0 Å². The molecule has 2 aromatic rings. The molecule has 106 valence electrons. The van der Waals surface area contributed by atoms with Gasteiger partial charge in [0.25, 0.3) is 0 Å². The van der Waals surface area contributed by atoms with Crippen molar-refractivity contribution in [2.24, 2.45) is 0 Å². The molecule has 0 aliphatic heterocycles. The van der Waals surface area contributed by atoms with Crippen molar-refractivity contribution in [1.82, 2.24) is 9.78 Å². The van der Waals surface area contributed by atoms with Gasteiger partial charge in [0.15, 0.2) is 5.69 Å². The largest absolute Gasteiger partial charge is 0.476 e. The van der Waals surface area contributed by atoms with E-state index in [1.807, 2.05) is 0 Å². The second kappa shape index (κ2) is 4.55. The van der Waals surface area contributed by atoms with Gasteiger partial charge in [0.05, 0.1) is 5.69 Å².